The minimum Gasteiger partial charge on any atom is -0.462 e. The van der Waals surface area contributed by atoms with E-state index in [2.05, 4.69) is 130 Å². The van der Waals surface area contributed by atoms with Crippen molar-refractivity contribution in [1.82, 2.24) is 0 Å². The lowest BCUT2D eigenvalue weighted by Crippen LogP contribution is -2.30. The number of esters is 2. The topological polar surface area (TPSA) is 61.8 Å². The maximum Gasteiger partial charge on any atom is 0.306 e. The SMILES string of the molecule is CC/C=C\C/C=C\C/C=C\C/C=C\C/C=C\C/C=C\CCC(=O)OCC(COCCCCCCCCCCCCCCCCCCCCCC)OC(=O)CC/C=C\C/C=C\C/C=C\C/C=C\CC. The molecule has 0 heterocycles. The van der Waals surface area contributed by atoms with Gasteiger partial charge in [-0.1, -0.05) is 264 Å². The van der Waals surface area contributed by atoms with Gasteiger partial charge in [0.1, 0.15) is 6.61 Å². The van der Waals surface area contributed by atoms with Crippen molar-refractivity contribution in [2.75, 3.05) is 19.8 Å². The largest absolute Gasteiger partial charge is 0.462 e. The maximum atomic E-state index is 12.8. The molecular weight excluding hydrogens is 837 g/mol. The Bertz CT molecular complexity index is 1390. The summed E-state index contributed by atoms with van der Waals surface area (Å²) < 4.78 is 17.3. The van der Waals surface area contributed by atoms with Gasteiger partial charge in [-0.25, -0.2) is 0 Å². The molecule has 0 aromatic carbocycles. The smallest absolute Gasteiger partial charge is 0.306 e. The molecule has 1 atom stereocenters. The summed E-state index contributed by atoms with van der Waals surface area (Å²) >= 11 is 0. The maximum absolute atomic E-state index is 12.8. The Morgan fingerprint density at radius 2 is 0.632 bits per heavy atom. The van der Waals surface area contributed by atoms with E-state index in [0.717, 1.165) is 77.0 Å². The van der Waals surface area contributed by atoms with E-state index >= 15 is 0 Å². The summed E-state index contributed by atoms with van der Waals surface area (Å²) in [6, 6.07) is 0. The molecule has 5 nitrogen and oxygen atoms in total. The molecule has 0 radical (unpaired) electrons. The Labute approximate surface area is 420 Å². The molecule has 0 aliphatic heterocycles. The molecule has 0 bridgehead atoms. The Balaban J connectivity index is 4.41. The minimum absolute atomic E-state index is 0.0115. The average molecular weight is 942 g/mol. The van der Waals surface area contributed by atoms with Crippen LogP contribution in [0.3, 0.4) is 0 Å². The van der Waals surface area contributed by atoms with Gasteiger partial charge in [0.15, 0.2) is 6.10 Å². The van der Waals surface area contributed by atoms with E-state index in [0.29, 0.717) is 19.4 Å². The van der Waals surface area contributed by atoms with Crippen LogP contribution in [0.1, 0.15) is 239 Å². The fourth-order valence-electron chi connectivity index (χ4n) is 7.43. The predicted octanol–water partition coefficient (Wildman–Crippen LogP) is 19.3. The zero-order valence-corrected chi connectivity index (χ0v) is 44.3. The normalized spacial score (nSPS) is 13.2. The molecule has 0 rings (SSSR count). The quantitative estimate of drug-likeness (QED) is 0.0345. The molecule has 0 saturated heterocycles. The van der Waals surface area contributed by atoms with Crippen molar-refractivity contribution < 1.29 is 23.8 Å². The van der Waals surface area contributed by atoms with E-state index in [-0.39, 0.29) is 38.0 Å². The van der Waals surface area contributed by atoms with Crippen molar-refractivity contribution >= 4 is 11.9 Å². The Kier molecular flexibility index (Phi) is 54.5. The monoisotopic (exact) mass is 941 g/mol. The fraction of sp³-hybridized carbons (Fsp3) is 0.651. The van der Waals surface area contributed by atoms with Crippen LogP contribution >= 0.6 is 0 Å². The molecule has 0 aliphatic carbocycles. The summed E-state index contributed by atoms with van der Waals surface area (Å²) in [5.74, 6) is -0.589. The minimum atomic E-state index is -0.611. The fourth-order valence-corrected chi connectivity index (χ4v) is 7.43. The lowest BCUT2D eigenvalue weighted by molar-refractivity contribution is -0.162. The number of carbonyl (C=O) groups excluding carboxylic acids is 2. The van der Waals surface area contributed by atoms with Crippen LogP contribution in [0, 0.1) is 0 Å². The van der Waals surface area contributed by atoms with Gasteiger partial charge in [-0.15, -0.1) is 0 Å². The van der Waals surface area contributed by atoms with E-state index < -0.39 is 6.10 Å². The van der Waals surface area contributed by atoms with Crippen LogP contribution in [0.4, 0.5) is 0 Å². The molecule has 0 aliphatic rings. The summed E-state index contributed by atoms with van der Waals surface area (Å²) in [4.78, 5) is 25.4. The van der Waals surface area contributed by atoms with E-state index in [1.54, 1.807) is 0 Å². The molecule has 0 amide bonds. The highest BCUT2D eigenvalue weighted by atomic mass is 16.6. The van der Waals surface area contributed by atoms with E-state index in [9.17, 15) is 9.59 Å². The van der Waals surface area contributed by atoms with Crippen molar-refractivity contribution in [3.8, 4) is 0 Å². The Morgan fingerprint density at radius 3 is 0.971 bits per heavy atom. The zero-order chi connectivity index (χ0) is 49.2. The van der Waals surface area contributed by atoms with Crippen LogP contribution in [0.2, 0.25) is 0 Å². The first kappa shape index (κ1) is 64.3. The van der Waals surface area contributed by atoms with Gasteiger partial charge >= 0.3 is 11.9 Å². The van der Waals surface area contributed by atoms with Gasteiger partial charge in [0.05, 0.1) is 6.61 Å². The molecule has 1 unspecified atom stereocenters. The zero-order valence-electron chi connectivity index (χ0n) is 44.3. The number of carbonyl (C=O) groups is 2. The van der Waals surface area contributed by atoms with E-state index in [4.69, 9.17) is 14.2 Å². The second kappa shape index (κ2) is 57.6. The van der Waals surface area contributed by atoms with Crippen molar-refractivity contribution in [2.45, 2.75) is 245 Å². The third kappa shape index (κ3) is 54.9. The summed E-state index contributed by atoms with van der Waals surface area (Å²) in [5.41, 5.74) is 0. The van der Waals surface area contributed by atoms with Crippen LogP contribution in [0.25, 0.3) is 0 Å². The summed E-state index contributed by atoms with van der Waals surface area (Å²) in [6.45, 7) is 7.45. The highest BCUT2D eigenvalue weighted by molar-refractivity contribution is 5.70. The lowest BCUT2D eigenvalue weighted by Gasteiger charge is -2.18. The van der Waals surface area contributed by atoms with Crippen LogP contribution in [0.5, 0.6) is 0 Å². The molecule has 0 spiro atoms. The van der Waals surface area contributed by atoms with Crippen molar-refractivity contribution in [1.29, 1.82) is 0 Å². The number of ether oxygens (including phenoxy) is 3. The first-order valence-corrected chi connectivity index (χ1v) is 28.1. The van der Waals surface area contributed by atoms with E-state index in [1.807, 2.05) is 12.2 Å². The highest BCUT2D eigenvalue weighted by Crippen LogP contribution is 2.15. The molecule has 0 N–H and O–H groups in total. The molecular formula is C63H104O5. The van der Waals surface area contributed by atoms with Crippen molar-refractivity contribution in [3.05, 3.63) is 122 Å². The van der Waals surface area contributed by atoms with Gasteiger partial charge in [0.2, 0.25) is 0 Å². The van der Waals surface area contributed by atoms with Gasteiger partial charge in [0.25, 0.3) is 0 Å². The molecule has 386 valence electrons. The van der Waals surface area contributed by atoms with Gasteiger partial charge in [-0.05, 0) is 83.5 Å². The first-order chi connectivity index (χ1) is 33.6. The Hall–Kier alpha value is -3.70. The van der Waals surface area contributed by atoms with Gasteiger partial charge in [-0.2, -0.15) is 0 Å². The molecule has 68 heavy (non-hydrogen) atoms. The predicted molar refractivity (Wildman–Crippen MR) is 297 cm³/mol. The average Bonchev–Trinajstić information content (AvgIpc) is 3.34. The number of rotatable bonds is 50. The van der Waals surface area contributed by atoms with Crippen LogP contribution < -0.4 is 0 Å². The standard InChI is InChI=1S/C63H104O5/c1-4-7-10-13-16-19-22-25-27-29-31-33-35-37-40-43-46-49-52-55-58-66-59-61(68-63(65)57-54-51-48-45-42-38-24-21-18-15-12-9-6-3)60-67-62(64)56-53-50-47-44-41-39-36-34-32-30-28-26-23-20-17-14-11-8-5-2/h8-9,11-12,17-18,20-21,26,28,32,34,38-39,41-42,47-48,50-51,61H,4-7,10,13-16,19,22-25,27,29-31,33,35-37,40,43-46,49,52-60H2,1-3H3/b11-8-,12-9-,20-17-,21-18-,28-26-,34-32-,41-39-,42-38-,50-47-,51-48-. The molecule has 5 heteroatoms. The number of hydrogen-bond acceptors (Lipinski definition) is 5. The summed E-state index contributed by atoms with van der Waals surface area (Å²) in [6.07, 6.45) is 81.1. The molecule has 0 aromatic heterocycles. The highest BCUT2D eigenvalue weighted by Gasteiger charge is 2.17. The first-order valence-electron chi connectivity index (χ1n) is 28.1. The lowest BCUT2D eigenvalue weighted by atomic mass is 10.0. The van der Waals surface area contributed by atoms with Gasteiger partial charge in [0, 0.05) is 19.4 Å². The molecule has 0 saturated carbocycles. The summed E-state index contributed by atoms with van der Waals surface area (Å²) in [5, 5.41) is 0. The number of allylic oxidation sites excluding steroid dienone is 20. The van der Waals surface area contributed by atoms with Crippen molar-refractivity contribution in [3.63, 3.8) is 0 Å². The number of unbranched alkanes of at least 4 members (excludes halogenated alkanes) is 19. The van der Waals surface area contributed by atoms with Gasteiger partial charge < -0.3 is 14.2 Å². The molecule has 0 aromatic rings. The number of hydrogen-bond donors (Lipinski definition) is 0. The second-order valence-corrected chi connectivity index (χ2v) is 18.1. The van der Waals surface area contributed by atoms with Crippen LogP contribution in [-0.2, 0) is 23.8 Å². The van der Waals surface area contributed by atoms with Gasteiger partial charge in [-0.3, -0.25) is 9.59 Å². The van der Waals surface area contributed by atoms with E-state index in [1.165, 1.54) is 116 Å². The Morgan fingerprint density at radius 1 is 0.338 bits per heavy atom. The van der Waals surface area contributed by atoms with Crippen LogP contribution in [0.15, 0.2) is 122 Å². The second-order valence-electron chi connectivity index (χ2n) is 18.1. The van der Waals surface area contributed by atoms with Crippen molar-refractivity contribution in [2.24, 2.45) is 0 Å². The third-order valence-corrected chi connectivity index (χ3v) is 11.5. The van der Waals surface area contributed by atoms with Crippen LogP contribution in [-0.4, -0.2) is 37.9 Å². The molecule has 0 fully saturated rings. The third-order valence-electron chi connectivity index (χ3n) is 11.5. The summed E-state index contributed by atoms with van der Waals surface area (Å²) in [7, 11) is 0.